The van der Waals surface area contributed by atoms with Crippen LogP contribution in [0.25, 0.3) is 10.2 Å². The molecule has 0 spiro atoms. The summed E-state index contributed by atoms with van der Waals surface area (Å²) in [5, 5.41) is 0.887. The average Bonchev–Trinajstić information content (AvgIpc) is 2.97. The molecule has 2 aromatic rings. The summed E-state index contributed by atoms with van der Waals surface area (Å²) in [5.41, 5.74) is 0.812. The minimum absolute atomic E-state index is 0.222. The number of hydrogen-bond acceptors (Lipinski definition) is 6. The summed E-state index contributed by atoms with van der Waals surface area (Å²) in [4.78, 5) is 21.0. The smallest absolute Gasteiger partial charge is 0.222 e. The van der Waals surface area contributed by atoms with Gasteiger partial charge in [0.15, 0.2) is 15.0 Å². The molecule has 1 aliphatic rings. The van der Waals surface area contributed by atoms with Crippen LogP contribution in [0.3, 0.4) is 0 Å². The fourth-order valence-corrected chi connectivity index (χ4v) is 4.56. The number of benzene rings is 1. The second-order valence-electron chi connectivity index (χ2n) is 6.02. The van der Waals surface area contributed by atoms with Crippen LogP contribution in [0.2, 0.25) is 0 Å². The first-order valence-corrected chi connectivity index (χ1v) is 10.7. The van der Waals surface area contributed by atoms with Crippen molar-refractivity contribution in [3.05, 3.63) is 18.2 Å². The van der Waals surface area contributed by atoms with Gasteiger partial charge in [-0.1, -0.05) is 18.3 Å². The lowest BCUT2D eigenvalue weighted by atomic mass is 10.2. The Morgan fingerprint density at radius 2 is 1.96 bits per heavy atom. The molecule has 0 N–H and O–H groups in total. The molecule has 24 heavy (non-hydrogen) atoms. The minimum atomic E-state index is -3.21. The number of carbonyl (C=O) groups excluding carboxylic acids is 1. The van der Waals surface area contributed by atoms with Gasteiger partial charge in [-0.3, -0.25) is 4.79 Å². The van der Waals surface area contributed by atoms with Crippen LogP contribution < -0.4 is 4.90 Å². The highest BCUT2D eigenvalue weighted by Gasteiger charge is 2.22. The van der Waals surface area contributed by atoms with Crippen molar-refractivity contribution in [2.75, 3.05) is 37.3 Å². The molecule has 130 valence electrons. The number of nitrogens with zero attached hydrogens (tertiary/aromatic N) is 3. The summed E-state index contributed by atoms with van der Waals surface area (Å²) in [6.07, 6.45) is 2.69. The first-order chi connectivity index (χ1) is 11.4. The number of piperazine rings is 1. The largest absolute Gasteiger partial charge is 0.345 e. The molecule has 8 heteroatoms. The highest BCUT2D eigenvalue weighted by atomic mass is 32.2. The number of rotatable bonds is 4. The average molecular weight is 367 g/mol. The molecule has 0 unspecified atom stereocenters. The standard InChI is InChI=1S/C16H21N3O3S2/c1-3-4-15(20)18-7-9-19(10-8-18)16-17-13-6-5-12(24(2,21)22)11-14(13)23-16/h5-6,11H,3-4,7-10H2,1-2H3. The SMILES string of the molecule is CCCC(=O)N1CCN(c2nc3ccc(S(C)(=O)=O)cc3s2)CC1. The normalized spacial score (nSPS) is 15.9. The Hall–Kier alpha value is -1.67. The Kier molecular flexibility index (Phi) is 4.78. The van der Waals surface area contributed by atoms with E-state index in [-0.39, 0.29) is 5.91 Å². The maximum atomic E-state index is 12.0. The van der Waals surface area contributed by atoms with Crippen LogP contribution in [0.4, 0.5) is 5.13 Å². The quantitative estimate of drug-likeness (QED) is 0.828. The van der Waals surface area contributed by atoms with Gasteiger partial charge in [-0.25, -0.2) is 13.4 Å². The second-order valence-corrected chi connectivity index (χ2v) is 9.04. The summed E-state index contributed by atoms with van der Waals surface area (Å²) < 4.78 is 24.2. The molecule has 2 heterocycles. The molecule has 0 aliphatic carbocycles. The lowest BCUT2D eigenvalue weighted by molar-refractivity contribution is -0.131. The first kappa shape index (κ1) is 17.2. The van der Waals surface area contributed by atoms with Crippen molar-refractivity contribution in [1.29, 1.82) is 0 Å². The summed E-state index contributed by atoms with van der Waals surface area (Å²) in [6, 6.07) is 5.04. The van der Waals surface area contributed by atoms with Gasteiger partial charge in [0.2, 0.25) is 5.91 Å². The van der Waals surface area contributed by atoms with E-state index in [2.05, 4.69) is 9.88 Å². The molecule has 6 nitrogen and oxygen atoms in total. The molecule has 3 rings (SSSR count). The van der Waals surface area contributed by atoms with Crippen molar-refractivity contribution in [3.63, 3.8) is 0 Å². The van der Waals surface area contributed by atoms with Gasteiger partial charge >= 0.3 is 0 Å². The van der Waals surface area contributed by atoms with E-state index in [0.29, 0.717) is 24.4 Å². The predicted octanol–water partition coefficient (Wildman–Crippen LogP) is 2.15. The fraction of sp³-hybridized carbons (Fsp3) is 0.500. The monoisotopic (exact) mass is 367 g/mol. The Balaban J connectivity index is 1.75. The van der Waals surface area contributed by atoms with Crippen LogP contribution in [0.5, 0.6) is 0 Å². The van der Waals surface area contributed by atoms with E-state index in [1.807, 2.05) is 11.8 Å². The Bertz CT molecular complexity index is 853. The van der Waals surface area contributed by atoms with Gasteiger partial charge in [-0.15, -0.1) is 0 Å². The fourth-order valence-electron chi connectivity index (χ4n) is 2.78. The van der Waals surface area contributed by atoms with E-state index in [1.54, 1.807) is 18.2 Å². The molecule has 1 amide bonds. The number of anilines is 1. The Morgan fingerprint density at radius 1 is 1.25 bits per heavy atom. The number of hydrogen-bond donors (Lipinski definition) is 0. The van der Waals surface area contributed by atoms with Crippen molar-refractivity contribution < 1.29 is 13.2 Å². The van der Waals surface area contributed by atoms with Gasteiger partial charge in [0.1, 0.15) is 0 Å². The van der Waals surface area contributed by atoms with Gasteiger partial charge in [-0.2, -0.15) is 0 Å². The Morgan fingerprint density at radius 3 is 2.58 bits per heavy atom. The van der Waals surface area contributed by atoms with Crippen LogP contribution in [-0.2, 0) is 14.6 Å². The van der Waals surface area contributed by atoms with E-state index >= 15 is 0 Å². The highest BCUT2D eigenvalue weighted by Crippen LogP contribution is 2.31. The zero-order valence-corrected chi connectivity index (χ0v) is 15.5. The lowest BCUT2D eigenvalue weighted by Crippen LogP contribution is -2.48. The van der Waals surface area contributed by atoms with Crippen LogP contribution >= 0.6 is 11.3 Å². The first-order valence-electron chi connectivity index (χ1n) is 8.02. The van der Waals surface area contributed by atoms with E-state index in [1.165, 1.54) is 17.6 Å². The molecule has 0 atom stereocenters. The number of aromatic nitrogens is 1. The van der Waals surface area contributed by atoms with Gasteiger partial charge < -0.3 is 9.80 Å². The van der Waals surface area contributed by atoms with Crippen molar-refractivity contribution in [3.8, 4) is 0 Å². The van der Waals surface area contributed by atoms with Gasteiger partial charge in [0.25, 0.3) is 0 Å². The van der Waals surface area contributed by atoms with Crippen LogP contribution in [0.15, 0.2) is 23.1 Å². The molecule has 0 bridgehead atoms. The number of amides is 1. The highest BCUT2D eigenvalue weighted by molar-refractivity contribution is 7.90. The van der Waals surface area contributed by atoms with Gasteiger partial charge in [-0.05, 0) is 24.6 Å². The summed E-state index contributed by atoms with van der Waals surface area (Å²) in [5.74, 6) is 0.222. The summed E-state index contributed by atoms with van der Waals surface area (Å²) >= 11 is 1.50. The van der Waals surface area contributed by atoms with Crippen LogP contribution in [0, 0.1) is 0 Å². The topological polar surface area (TPSA) is 70.6 Å². The molecule has 1 aliphatic heterocycles. The van der Waals surface area contributed by atoms with Gasteiger partial charge in [0.05, 0.1) is 15.1 Å². The maximum absolute atomic E-state index is 12.0. The van der Waals surface area contributed by atoms with Crippen LogP contribution in [-0.4, -0.2) is 56.6 Å². The molecule has 1 aromatic carbocycles. The number of carbonyl (C=O) groups is 1. The third-order valence-electron chi connectivity index (χ3n) is 4.14. The number of thiazole rings is 1. The lowest BCUT2D eigenvalue weighted by Gasteiger charge is -2.34. The van der Waals surface area contributed by atoms with Crippen molar-refractivity contribution >= 4 is 42.4 Å². The third-order valence-corrected chi connectivity index (χ3v) is 6.33. The van der Waals surface area contributed by atoms with E-state index in [0.717, 1.165) is 34.9 Å². The minimum Gasteiger partial charge on any atom is -0.345 e. The summed E-state index contributed by atoms with van der Waals surface area (Å²) in [6.45, 7) is 4.95. The molecule has 0 radical (unpaired) electrons. The molecular weight excluding hydrogens is 346 g/mol. The Labute approximate surface area is 146 Å². The molecule has 1 fully saturated rings. The van der Waals surface area contributed by atoms with E-state index < -0.39 is 9.84 Å². The molecular formula is C16H21N3O3S2. The summed E-state index contributed by atoms with van der Waals surface area (Å²) in [7, 11) is -3.21. The van der Waals surface area contributed by atoms with E-state index in [4.69, 9.17) is 0 Å². The van der Waals surface area contributed by atoms with Crippen molar-refractivity contribution in [2.45, 2.75) is 24.7 Å². The van der Waals surface area contributed by atoms with Crippen molar-refractivity contribution in [2.24, 2.45) is 0 Å². The third kappa shape index (κ3) is 3.54. The predicted molar refractivity (Wildman–Crippen MR) is 96.4 cm³/mol. The second kappa shape index (κ2) is 6.68. The van der Waals surface area contributed by atoms with Gasteiger partial charge in [0, 0.05) is 38.9 Å². The number of sulfone groups is 1. The van der Waals surface area contributed by atoms with Crippen LogP contribution in [0.1, 0.15) is 19.8 Å². The zero-order valence-electron chi connectivity index (χ0n) is 13.9. The van der Waals surface area contributed by atoms with E-state index in [9.17, 15) is 13.2 Å². The maximum Gasteiger partial charge on any atom is 0.222 e. The zero-order chi connectivity index (χ0) is 17.3. The molecule has 0 saturated carbocycles. The van der Waals surface area contributed by atoms with Crippen molar-refractivity contribution in [1.82, 2.24) is 9.88 Å². The molecule has 1 aromatic heterocycles. The number of fused-ring (bicyclic) bond motifs is 1. The molecule has 1 saturated heterocycles.